The van der Waals surface area contributed by atoms with Crippen LogP contribution in [0.3, 0.4) is 0 Å². The van der Waals surface area contributed by atoms with Gasteiger partial charge in [-0.25, -0.2) is 0 Å². The molecule has 57 heavy (non-hydrogen) atoms. The predicted octanol–water partition coefficient (Wildman–Crippen LogP) is 17.6. The van der Waals surface area contributed by atoms with E-state index in [0.717, 1.165) is 121 Å². The molecule has 0 aliphatic heterocycles. The normalized spacial score (nSPS) is 19.8. The average Bonchev–Trinajstić information content (AvgIpc) is 3.09. The molecule has 0 aromatic heterocycles. The van der Waals surface area contributed by atoms with Crippen molar-refractivity contribution in [2.45, 2.75) is 238 Å². The van der Waals surface area contributed by atoms with Crippen LogP contribution in [0.5, 0.6) is 0 Å². The Hall–Kier alpha value is 0.460. The van der Waals surface area contributed by atoms with Crippen molar-refractivity contribution in [1.82, 2.24) is 0 Å². The zero-order valence-electron chi connectivity index (χ0n) is 41.0. The van der Waals surface area contributed by atoms with Gasteiger partial charge in [0.25, 0.3) is 0 Å². The van der Waals surface area contributed by atoms with E-state index in [1.807, 2.05) is 0 Å². The monoisotopic (exact) mass is 847 g/mol. The molecule has 14 atom stereocenters. The maximum Gasteiger partial charge on any atom is 0.160 e. The Labute approximate surface area is 369 Å². The summed E-state index contributed by atoms with van der Waals surface area (Å²) in [6, 6.07) is 0. The second kappa shape index (κ2) is 36.0. The minimum atomic E-state index is -0.174. The molecule has 0 saturated heterocycles. The minimum absolute atomic E-state index is 0.174. The topological polar surface area (TPSA) is 27.7 Å². The van der Waals surface area contributed by atoms with Gasteiger partial charge >= 0.3 is 0 Å². The Morgan fingerprint density at radius 1 is 0.298 bits per heavy atom. The van der Waals surface area contributed by atoms with Gasteiger partial charge in [0.05, 0.1) is 0 Å². The Balaban J connectivity index is 4.54. The molecule has 0 fully saturated rings. The van der Waals surface area contributed by atoms with Gasteiger partial charge in [0, 0.05) is 25.0 Å². The summed E-state index contributed by atoms with van der Waals surface area (Å²) in [6.07, 6.45) is 24.6. The van der Waals surface area contributed by atoms with Gasteiger partial charge in [-0.3, -0.25) is 0 Å². The lowest BCUT2D eigenvalue weighted by Gasteiger charge is -2.27. The minimum Gasteiger partial charge on any atom is -0.353 e. The third-order valence-corrected chi connectivity index (χ3v) is 13.5. The first-order valence-electron chi connectivity index (χ1n) is 25.0. The van der Waals surface area contributed by atoms with E-state index in [4.69, 9.17) is 37.4 Å². The standard InChI is InChI=1S/C52H104Cl2O3/c1-15-55-51(25-17-21-39(3)29-43(7)33-47(11)37-49(13)35-45(9)31-41(5)23-19-27-53)57-52(56-16-2)26-18-22-40(4)30-44(8)34-48(12)38-50(14)36-46(10)32-42(6)24-20-28-54/h39-52H,15-38H2,1-14H3. The summed E-state index contributed by atoms with van der Waals surface area (Å²) in [5.41, 5.74) is 0. The zero-order chi connectivity index (χ0) is 43.2. The molecule has 0 aromatic rings. The van der Waals surface area contributed by atoms with Gasteiger partial charge in [-0.2, -0.15) is 0 Å². The largest absolute Gasteiger partial charge is 0.353 e. The van der Waals surface area contributed by atoms with Crippen molar-refractivity contribution in [3.05, 3.63) is 0 Å². The molecule has 0 aliphatic rings. The third-order valence-electron chi connectivity index (χ3n) is 13.0. The molecule has 0 N–H and O–H groups in total. The summed E-state index contributed by atoms with van der Waals surface area (Å²) in [6.45, 7) is 35.1. The molecule has 14 unspecified atom stereocenters. The second-order valence-electron chi connectivity index (χ2n) is 21.0. The number of ether oxygens (including phenoxy) is 3. The van der Waals surface area contributed by atoms with E-state index < -0.39 is 0 Å². The molecule has 0 rings (SSSR count). The van der Waals surface area contributed by atoms with Crippen molar-refractivity contribution in [2.75, 3.05) is 25.0 Å². The van der Waals surface area contributed by atoms with E-state index in [1.165, 1.54) is 89.9 Å². The van der Waals surface area contributed by atoms with Crippen LogP contribution < -0.4 is 0 Å². The molecule has 5 heteroatoms. The Bertz CT molecular complexity index is 804. The number of halogens is 2. The van der Waals surface area contributed by atoms with Crippen LogP contribution in [0, 0.1) is 71.0 Å². The summed E-state index contributed by atoms with van der Waals surface area (Å²) in [7, 11) is 0. The van der Waals surface area contributed by atoms with Crippen LogP contribution in [-0.2, 0) is 14.2 Å². The summed E-state index contributed by atoms with van der Waals surface area (Å²) < 4.78 is 18.8. The van der Waals surface area contributed by atoms with Crippen LogP contribution >= 0.6 is 23.2 Å². The molecule has 0 saturated carbocycles. The Kier molecular flexibility index (Phi) is 36.3. The predicted molar refractivity (Wildman–Crippen MR) is 256 cm³/mol. The smallest absolute Gasteiger partial charge is 0.160 e. The highest BCUT2D eigenvalue weighted by Crippen LogP contribution is 2.32. The van der Waals surface area contributed by atoms with Crippen molar-refractivity contribution in [3.63, 3.8) is 0 Å². The Morgan fingerprint density at radius 3 is 0.719 bits per heavy atom. The summed E-state index contributed by atoms with van der Waals surface area (Å²) in [5.74, 6) is 11.1. The van der Waals surface area contributed by atoms with E-state index in [0.29, 0.717) is 13.2 Å². The molecule has 0 heterocycles. The number of hydrogen-bond acceptors (Lipinski definition) is 3. The van der Waals surface area contributed by atoms with Crippen molar-refractivity contribution in [1.29, 1.82) is 0 Å². The fourth-order valence-corrected chi connectivity index (χ4v) is 11.5. The van der Waals surface area contributed by atoms with Gasteiger partial charge in [-0.05, 0) is 200 Å². The fraction of sp³-hybridized carbons (Fsp3) is 1.00. The molecule has 0 aliphatic carbocycles. The first-order chi connectivity index (χ1) is 27.0. The van der Waals surface area contributed by atoms with Gasteiger partial charge in [-0.1, -0.05) is 95.9 Å². The molecule has 3 nitrogen and oxygen atoms in total. The summed E-state index contributed by atoms with van der Waals surface area (Å²) in [5, 5.41) is 0. The lowest BCUT2D eigenvalue weighted by Crippen LogP contribution is -2.27. The highest BCUT2D eigenvalue weighted by atomic mass is 35.5. The van der Waals surface area contributed by atoms with Crippen LogP contribution in [0.15, 0.2) is 0 Å². The van der Waals surface area contributed by atoms with Gasteiger partial charge in [0.2, 0.25) is 0 Å². The van der Waals surface area contributed by atoms with Crippen LogP contribution in [-0.4, -0.2) is 37.6 Å². The van der Waals surface area contributed by atoms with Crippen LogP contribution in [0.1, 0.15) is 225 Å². The quantitative estimate of drug-likeness (QED) is 0.0454. The maximum atomic E-state index is 6.51. The molecule has 0 spiro atoms. The molecular formula is C52H104Cl2O3. The lowest BCUT2D eigenvalue weighted by atomic mass is 9.81. The van der Waals surface area contributed by atoms with Gasteiger partial charge in [0.15, 0.2) is 12.6 Å². The van der Waals surface area contributed by atoms with Crippen LogP contribution in [0.4, 0.5) is 0 Å². The third kappa shape index (κ3) is 33.7. The lowest BCUT2D eigenvalue weighted by molar-refractivity contribution is -0.247. The highest BCUT2D eigenvalue weighted by molar-refractivity contribution is 6.18. The maximum absolute atomic E-state index is 6.51. The van der Waals surface area contributed by atoms with Crippen molar-refractivity contribution < 1.29 is 14.2 Å². The first-order valence-corrected chi connectivity index (χ1v) is 26.1. The van der Waals surface area contributed by atoms with Gasteiger partial charge < -0.3 is 14.2 Å². The molecule has 344 valence electrons. The Morgan fingerprint density at radius 2 is 0.509 bits per heavy atom. The molecule has 0 radical (unpaired) electrons. The SMILES string of the molecule is CCOC(CCCC(C)CC(C)CC(C)CC(C)CC(C)CC(C)CCCCl)OC(CCCC(C)CC(C)CC(C)CC(C)CC(C)CC(C)CCCCl)OCC. The van der Waals surface area contributed by atoms with E-state index in [2.05, 4.69) is 96.9 Å². The number of alkyl halides is 2. The first kappa shape index (κ1) is 57.5. The summed E-state index contributed by atoms with van der Waals surface area (Å²) >= 11 is 11.8. The zero-order valence-corrected chi connectivity index (χ0v) is 42.5. The van der Waals surface area contributed by atoms with Gasteiger partial charge in [-0.15, -0.1) is 23.2 Å². The van der Waals surface area contributed by atoms with Gasteiger partial charge in [0.1, 0.15) is 0 Å². The van der Waals surface area contributed by atoms with Crippen molar-refractivity contribution in [3.8, 4) is 0 Å². The molecule has 0 aromatic carbocycles. The average molecular weight is 848 g/mol. The van der Waals surface area contributed by atoms with E-state index in [9.17, 15) is 0 Å². The van der Waals surface area contributed by atoms with Crippen molar-refractivity contribution >= 4 is 23.2 Å². The van der Waals surface area contributed by atoms with Crippen LogP contribution in [0.2, 0.25) is 0 Å². The van der Waals surface area contributed by atoms with E-state index >= 15 is 0 Å². The fourth-order valence-electron chi connectivity index (χ4n) is 11.1. The van der Waals surface area contributed by atoms with Crippen LogP contribution in [0.25, 0.3) is 0 Å². The molecule has 0 bridgehead atoms. The number of rotatable bonds is 40. The van der Waals surface area contributed by atoms with E-state index in [-0.39, 0.29) is 12.6 Å². The summed E-state index contributed by atoms with van der Waals surface area (Å²) in [4.78, 5) is 0. The van der Waals surface area contributed by atoms with Crippen molar-refractivity contribution in [2.24, 2.45) is 71.0 Å². The van der Waals surface area contributed by atoms with E-state index in [1.54, 1.807) is 0 Å². The molecular weight excluding hydrogens is 743 g/mol. The highest BCUT2D eigenvalue weighted by Gasteiger charge is 2.22. The second-order valence-corrected chi connectivity index (χ2v) is 21.8. The number of hydrogen-bond donors (Lipinski definition) is 0. The molecule has 0 amide bonds.